The number of imidazole rings is 1. The van der Waals surface area contributed by atoms with Crippen molar-refractivity contribution in [3.63, 3.8) is 0 Å². The van der Waals surface area contributed by atoms with Gasteiger partial charge in [-0.15, -0.1) is 0 Å². The van der Waals surface area contributed by atoms with E-state index >= 15 is 0 Å². The molecular formula is C21H21N3O3S. The lowest BCUT2D eigenvalue weighted by Gasteiger charge is -2.13. The fraction of sp³-hybridized carbons (Fsp3) is 0.238. The summed E-state index contributed by atoms with van der Waals surface area (Å²) in [4.78, 5) is 17.1. The second-order valence-corrected chi connectivity index (χ2v) is 7.98. The Labute approximate surface area is 167 Å². The molecule has 2 aromatic carbocycles. The summed E-state index contributed by atoms with van der Waals surface area (Å²) < 4.78 is 12.7. The van der Waals surface area contributed by atoms with Crippen molar-refractivity contribution < 1.29 is 14.3 Å². The largest absolute Gasteiger partial charge is 0.454 e. The molecule has 0 bridgehead atoms. The van der Waals surface area contributed by atoms with Crippen molar-refractivity contribution in [1.82, 2.24) is 9.55 Å². The Balaban J connectivity index is 1.44. The van der Waals surface area contributed by atoms with Crippen LogP contribution < -0.4 is 14.8 Å². The van der Waals surface area contributed by atoms with Crippen molar-refractivity contribution in [2.75, 3.05) is 12.1 Å². The SMILES string of the molecule is Cc1ccc(-c2cnc(SC(C)C(=O)Nc3ccc4c(c3)OCO4)n2C)cc1. The highest BCUT2D eigenvalue weighted by Gasteiger charge is 2.20. The molecule has 1 atom stereocenters. The lowest BCUT2D eigenvalue weighted by Crippen LogP contribution is -2.22. The average Bonchev–Trinajstić information content (AvgIpc) is 3.29. The Kier molecular flexibility index (Phi) is 5.00. The molecule has 1 unspecified atom stereocenters. The molecule has 0 aliphatic carbocycles. The van der Waals surface area contributed by atoms with E-state index in [1.165, 1.54) is 17.3 Å². The first kappa shape index (κ1) is 18.4. The minimum atomic E-state index is -0.308. The molecule has 6 nitrogen and oxygen atoms in total. The molecule has 1 aromatic heterocycles. The van der Waals surface area contributed by atoms with Crippen LogP contribution in [0.4, 0.5) is 5.69 Å². The molecule has 7 heteroatoms. The molecule has 1 amide bonds. The molecule has 0 radical (unpaired) electrons. The minimum absolute atomic E-state index is 0.0937. The molecule has 1 N–H and O–H groups in total. The van der Waals surface area contributed by atoms with Gasteiger partial charge in [-0.25, -0.2) is 4.98 Å². The Morgan fingerprint density at radius 3 is 2.71 bits per heavy atom. The zero-order valence-electron chi connectivity index (χ0n) is 15.9. The number of hydrogen-bond donors (Lipinski definition) is 1. The first-order valence-corrected chi connectivity index (χ1v) is 9.85. The Morgan fingerprint density at radius 2 is 1.93 bits per heavy atom. The van der Waals surface area contributed by atoms with Gasteiger partial charge in [0.15, 0.2) is 16.7 Å². The van der Waals surface area contributed by atoms with E-state index in [9.17, 15) is 4.79 Å². The number of aromatic nitrogens is 2. The summed E-state index contributed by atoms with van der Waals surface area (Å²) in [5, 5.41) is 3.41. The van der Waals surface area contributed by atoms with E-state index in [-0.39, 0.29) is 18.0 Å². The van der Waals surface area contributed by atoms with Gasteiger partial charge in [0, 0.05) is 18.8 Å². The third-order valence-electron chi connectivity index (χ3n) is 4.58. The summed E-state index contributed by atoms with van der Waals surface area (Å²) >= 11 is 1.43. The molecule has 1 aliphatic rings. The highest BCUT2D eigenvalue weighted by Crippen LogP contribution is 2.34. The number of anilines is 1. The second-order valence-electron chi connectivity index (χ2n) is 6.67. The maximum Gasteiger partial charge on any atom is 0.237 e. The maximum absolute atomic E-state index is 12.6. The van der Waals surface area contributed by atoms with Gasteiger partial charge in [-0.2, -0.15) is 0 Å². The molecule has 1 aliphatic heterocycles. The number of nitrogens with zero attached hydrogens (tertiary/aromatic N) is 2. The van der Waals surface area contributed by atoms with Crippen molar-refractivity contribution in [2.45, 2.75) is 24.3 Å². The summed E-state index contributed by atoms with van der Waals surface area (Å²) in [6.07, 6.45) is 1.84. The highest BCUT2D eigenvalue weighted by atomic mass is 32.2. The van der Waals surface area contributed by atoms with Gasteiger partial charge in [0.05, 0.1) is 17.1 Å². The van der Waals surface area contributed by atoms with Crippen LogP contribution in [0.3, 0.4) is 0 Å². The van der Waals surface area contributed by atoms with Crippen molar-refractivity contribution >= 4 is 23.4 Å². The lowest BCUT2D eigenvalue weighted by atomic mass is 10.1. The Hall–Kier alpha value is -2.93. The lowest BCUT2D eigenvalue weighted by molar-refractivity contribution is -0.115. The van der Waals surface area contributed by atoms with Crippen LogP contribution >= 0.6 is 11.8 Å². The van der Waals surface area contributed by atoms with Gasteiger partial charge in [0.25, 0.3) is 0 Å². The van der Waals surface area contributed by atoms with Gasteiger partial charge in [-0.1, -0.05) is 41.6 Å². The van der Waals surface area contributed by atoms with E-state index in [0.29, 0.717) is 17.2 Å². The highest BCUT2D eigenvalue weighted by molar-refractivity contribution is 8.00. The molecule has 28 heavy (non-hydrogen) atoms. The zero-order valence-corrected chi connectivity index (χ0v) is 16.7. The van der Waals surface area contributed by atoms with Gasteiger partial charge in [0.2, 0.25) is 12.7 Å². The number of rotatable bonds is 5. The van der Waals surface area contributed by atoms with Crippen molar-refractivity contribution in [3.05, 3.63) is 54.2 Å². The Bertz CT molecular complexity index is 1010. The van der Waals surface area contributed by atoms with Crippen LogP contribution in [0.15, 0.2) is 53.8 Å². The number of carbonyl (C=O) groups excluding carboxylic acids is 1. The van der Waals surface area contributed by atoms with Gasteiger partial charge in [-0.3, -0.25) is 4.79 Å². The van der Waals surface area contributed by atoms with E-state index in [1.807, 2.05) is 24.7 Å². The van der Waals surface area contributed by atoms with Gasteiger partial charge in [-0.05, 0) is 31.5 Å². The normalized spacial score (nSPS) is 13.4. The van der Waals surface area contributed by atoms with Crippen LogP contribution in [-0.2, 0) is 11.8 Å². The number of thioether (sulfide) groups is 1. The fourth-order valence-electron chi connectivity index (χ4n) is 2.92. The first-order chi connectivity index (χ1) is 13.5. The van der Waals surface area contributed by atoms with E-state index < -0.39 is 0 Å². The summed E-state index contributed by atoms with van der Waals surface area (Å²) in [7, 11) is 1.97. The number of hydrogen-bond acceptors (Lipinski definition) is 5. The number of ether oxygens (including phenoxy) is 2. The van der Waals surface area contributed by atoms with Gasteiger partial charge < -0.3 is 19.4 Å². The van der Waals surface area contributed by atoms with Crippen molar-refractivity contribution in [2.24, 2.45) is 7.05 Å². The standard InChI is InChI=1S/C21H21N3O3S/c1-13-4-6-15(7-5-13)17-11-22-21(24(17)3)28-14(2)20(25)23-16-8-9-18-19(10-16)27-12-26-18/h4-11,14H,12H2,1-3H3,(H,23,25). The molecule has 4 rings (SSSR count). The predicted octanol–water partition coefficient (Wildman–Crippen LogP) is 4.24. The average molecular weight is 395 g/mol. The molecule has 0 fully saturated rings. The number of nitrogens with one attached hydrogen (secondary N) is 1. The number of aryl methyl sites for hydroxylation is 1. The second kappa shape index (κ2) is 7.59. The number of carbonyl (C=O) groups is 1. The number of fused-ring (bicyclic) bond motifs is 1. The van der Waals surface area contributed by atoms with E-state index in [0.717, 1.165) is 16.4 Å². The molecule has 0 saturated heterocycles. The summed E-state index contributed by atoms with van der Waals surface area (Å²) in [5.74, 6) is 1.24. The maximum atomic E-state index is 12.6. The topological polar surface area (TPSA) is 65.4 Å². The zero-order chi connectivity index (χ0) is 19.7. The summed E-state index contributed by atoms with van der Waals surface area (Å²) in [6, 6.07) is 13.7. The van der Waals surface area contributed by atoms with Gasteiger partial charge >= 0.3 is 0 Å². The van der Waals surface area contributed by atoms with E-state index in [1.54, 1.807) is 18.2 Å². The van der Waals surface area contributed by atoms with Gasteiger partial charge in [0.1, 0.15) is 0 Å². The van der Waals surface area contributed by atoms with Crippen LogP contribution in [0.5, 0.6) is 11.5 Å². The number of amides is 1. The minimum Gasteiger partial charge on any atom is -0.454 e. The van der Waals surface area contributed by atoms with E-state index in [4.69, 9.17) is 9.47 Å². The quantitative estimate of drug-likeness (QED) is 0.655. The molecule has 3 aromatic rings. The van der Waals surface area contributed by atoms with Crippen molar-refractivity contribution in [1.29, 1.82) is 0 Å². The van der Waals surface area contributed by atoms with Crippen LogP contribution in [0.2, 0.25) is 0 Å². The monoisotopic (exact) mass is 395 g/mol. The van der Waals surface area contributed by atoms with E-state index in [2.05, 4.69) is 41.5 Å². The summed E-state index contributed by atoms with van der Waals surface area (Å²) in [5.41, 5.74) is 4.02. The third-order valence-corrected chi connectivity index (χ3v) is 5.74. The van der Waals surface area contributed by atoms with Crippen LogP contribution in [-0.4, -0.2) is 27.5 Å². The van der Waals surface area contributed by atoms with Crippen LogP contribution in [0.1, 0.15) is 12.5 Å². The van der Waals surface area contributed by atoms with Crippen molar-refractivity contribution in [3.8, 4) is 22.8 Å². The molecule has 0 saturated carbocycles. The number of benzene rings is 2. The molecule has 0 spiro atoms. The molecular weight excluding hydrogens is 374 g/mol. The Morgan fingerprint density at radius 1 is 1.18 bits per heavy atom. The van der Waals surface area contributed by atoms with Crippen LogP contribution in [0, 0.1) is 6.92 Å². The first-order valence-electron chi connectivity index (χ1n) is 8.97. The molecule has 2 heterocycles. The fourth-order valence-corrected chi connectivity index (χ4v) is 3.78. The van der Waals surface area contributed by atoms with Crippen LogP contribution in [0.25, 0.3) is 11.3 Å². The molecule has 144 valence electrons. The third kappa shape index (κ3) is 3.71. The predicted molar refractivity (Wildman–Crippen MR) is 110 cm³/mol. The smallest absolute Gasteiger partial charge is 0.237 e. The summed E-state index contributed by atoms with van der Waals surface area (Å²) in [6.45, 7) is 4.14.